The second-order valence-electron chi connectivity index (χ2n) is 5.37. The van der Waals surface area contributed by atoms with Gasteiger partial charge in [-0.05, 0) is 18.2 Å². The highest BCUT2D eigenvalue weighted by atomic mass is 79.9. The van der Waals surface area contributed by atoms with E-state index in [1.54, 1.807) is 24.3 Å². The number of ether oxygens (including phenoxy) is 1. The Hall–Kier alpha value is -1.49. The molecule has 2 amide bonds. The summed E-state index contributed by atoms with van der Waals surface area (Å²) >= 11 is 3.27. The summed E-state index contributed by atoms with van der Waals surface area (Å²) in [6.07, 6.45) is 0. The molecule has 0 saturated carbocycles. The molecule has 25 heavy (non-hydrogen) atoms. The molecule has 2 rings (SSSR count). The number of nitrogens with one attached hydrogen (secondary N) is 2. The average molecular weight is 434 g/mol. The number of rotatable bonds is 7. The molecular weight excluding hydrogens is 414 g/mol. The van der Waals surface area contributed by atoms with Crippen molar-refractivity contribution >= 4 is 37.8 Å². The summed E-state index contributed by atoms with van der Waals surface area (Å²) in [6, 6.07) is 6.78. The van der Waals surface area contributed by atoms with Crippen LogP contribution in [0.2, 0.25) is 0 Å². The first-order valence-corrected chi connectivity index (χ1v) is 10.1. The van der Waals surface area contributed by atoms with Crippen molar-refractivity contribution in [2.24, 2.45) is 0 Å². The lowest BCUT2D eigenvalue weighted by Crippen LogP contribution is -2.44. The summed E-state index contributed by atoms with van der Waals surface area (Å²) in [5, 5.41) is 4.98. The molecule has 1 aliphatic heterocycles. The number of benzene rings is 1. The first-order valence-electron chi connectivity index (χ1n) is 7.74. The molecule has 0 unspecified atom stereocenters. The Labute approximate surface area is 155 Å². The zero-order valence-corrected chi connectivity index (χ0v) is 15.9. The maximum Gasteiger partial charge on any atom is 0.251 e. The SMILES string of the molecule is O=C(CNC(=O)c1cccc(Br)c1)NCCS(=O)(=O)N1CCOCC1. The molecule has 2 N–H and O–H groups in total. The van der Waals surface area contributed by atoms with Crippen LogP contribution in [-0.2, 0) is 19.6 Å². The Bertz CT molecular complexity index is 720. The fourth-order valence-corrected chi connectivity index (χ4v) is 3.95. The topological polar surface area (TPSA) is 105 Å². The molecule has 8 nitrogen and oxygen atoms in total. The van der Waals surface area contributed by atoms with Gasteiger partial charge in [0, 0.05) is 29.7 Å². The van der Waals surface area contributed by atoms with Crippen molar-refractivity contribution in [2.75, 3.05) is 45.1 Å². The van der Waals surface area contributed by atoms with Crippen LogP contribution in [0.5, 0.6) is 0 Å². The molecule has 0 atom stereocenters. The summed E-state index contributed by atoms with van der Waals surface area (Å²) in [5.41, 5.74) is 0.428. The van der Waals surface area contributed by atoms with Crippen molar-refractivity contribution in [3.05, 3.63) is 34.3 Å². The van der Waals surface area contributed by atoms with E-state index in [-0.39, 0.29) is 24.7 Å². The van der Waals surface area contributed by atoms with Gasteiger partial charge in [-0.3, -0.25) is 9.59 Å². The molecule has 1 heterocycles. The molecule has 1 fully saturated rings. The van der Waals surface area contributed by atoms with Crippen molar-refractivity contribution < 1.29 is 22.7 Å². The van der Waals surface area contributed by atoms with Gasteiger partial charge in [-0.25, -0.2) is 8.42 Å². The minimum Gasteiger partial charge on any atom is -0.379 e. The zero-order chi connectivity index (χ0) is 18.3. The van der Waals surface area contributed by atoms with Gasteiger partial charge >= 0.3 is 0 Å². The first kappa shape index (κ1) is 19.8. The smallest absolute Gasteiger partial charge is 0.251 e. The second-order valence-corrected chi connectivity index (χ2v) is 8.37. The van der Waals surface area contributed by atoms with Gasteiger partial charge in [0.15, 0.2) is 0 Å². The van der Waals surface area contributed by atoms with E-state index < -0.39 is 15.9 Å². The van der Waals surface area contributed by atoms with Gasteiger partial charge in [0.2, 0.25) is 15.9 Å². The van der Waals surface area contributed by atoms with E-state index in [0.29, 0.717) is 31.9 Å². The number of carbonyl (C=O) groups is 2. The lowest BCUT2D eigenvalue weighted by atomic mass is 10.2. The quantitative estimate of drug-likeness (QED) is 0.627. The number of halogens is 1. The van der Waals surface area contributed by atoms with Crippen LogP contribution in [0.25, 0.3) is 0 Å². The van der Waals surface area contributed by atoms with Gasteiger partial charge in [-0.15, -0.1) is 0 Å². The van der Waals surface area contributed by atoms with Gasteiger partial charge < -0.3 is 15.4 Å². The molecule has 10 heteroatoms. The fourth-order valence-electron chi connectivity index (χ4n) is 2.23. The summed E-state index contributed by atoms with van der Waals surface area (Å²) in [7, 11) is -3.41. The summed E-state index contributed by atoms with van der Waals surface area (Å²) in [5.74, 6) is -1.00. The minimum absolute atomic E-state index is 0.00865. The van der Waals surface area contributed by atoms with Crippen LogP contribution >= 0.6 is 15.9 Å². The second kappa shape index (κ2) is 9.27. The van der Waals surface area contributed by atoms with E-state index in [1.165, 1.54) is 4.31 Å². The van der Waals surface area contributed by atoms with Gasteiger partial charge in [-0.2, -0.15) is 4.31 Å². The highest BCUT2D eigenvalue weighted by Gasteiger charge is 2.23. The molecule has 1 saturated heterocycles. The predicted octanol–water partition coefficient (Wildman–Crippen LogP) is -0.0429. The molecule has 0 spiro atoms. The normalized spacial score (nSPS) is 15.6. The van der Waals surface area contributed by atoms with Crippen LogP contribution in [0.3, 0.4) is 0 Å². The van der Waals surface area contributed by atoms with E-state index in [0.717, 1.165) is 4.47 Å². The monoisotopic (exact) mass is 433 g/mol. The Kier molecular flexibility index (Phi) is 7.36. The van der Waals surface area contributed by atoms with Crippen LogP contribution in [0.4, 0.5) is 0 Å². The van der Waals surface area contributed by atoms with E-state index in [4.69, 9.17) is 4.74 Å². The zero-order valence-electron chi connectivity index (χ0n) is 13.5. The Morgan fingerprint density at radius 3 is 2.60 bits per heavy atom. The molecule has 1 aromatic rings. The van der Waals surface area contributed by atoms with Gasteiger partial charge in [0.05, 0.1) is 25.5 Å². The van der Waals surface area contributed by atoms with Crippen molar-refractivity contribution in [3.8, 4) is 0 Å². The molecule has 0 aromatic heterocycles. The number of sulfonamides is 1. The lowest BCUT2D eigenvalue weighted by Gasteiger charge is -2.26. The fraction of sp³-hybridized carbons (Fsp3) is 0.467. The summed E-state index contributed by atoms with van der Waals surface area (Å²) in [6.45, 7) is 1.20. The van der Waals surface area contributed by atoms with Gasteiger partial charge in [-0.1, -0.05) is 22.0 Å². The first-order chi connectivity index (χ1) is 11.9. The van der Waals surface area contributed by atoms with Crippen molar-refractivity contribution in [1.29, 1.82) is 0 Å². The standard InChI is InChI=1S/C15H20BrN3O5S/c16-13-3-1-2-12(10-13)15(21)18-11-14(20)17-4-9-25(22,23)19-5-7-24-8-6-19/h1-3,10H,4-9,11H2,(H,17,20)(H,18,21). The number of carbonyl (C=O) groups excluding carboxylic acids is 2. The predicted molar refractivity (Wildman–Crippen MR) is 95.7 cm³/mol. The molecule has 138 valence electrons. The maximum atomic E-state index is 12.1. The molecule has 0 aliphatic carbocycles. The lowest BCUT2D eigenvalue weighted by molar-refractivity contribution is -0.120. The van der Waals surface area contributed by atoms with Crippen LogP contribution in [0, 0.1) is 0 Å². The summed E-state index contributed by atoms with van der Waals surface area (Å²) < 4.78 is 31.4. The molecule has 1 aliphatic rings. The number of amides is 2. The van der Waals surface area contributed by atoms with Crippen LogP contribution in [-0.4, -0.2) is 69.7 Å². The molecule has 0 bridgehead atoms. The molecular formula is C15H20BrN3O5S. The van der Waals surface area contributed by atoms with Gasteiger partial charge in [0.1, 0.15) is 0 Å². The minimum atomic E-state index is -3.41. The van der Waals surface area contributed by atoms with Crippen molar-refractivity contribution in [3.63, 3.8) is 0 Å². The third kappa shape index (κ3) is 6.38. The third-order valence-corrected chi connectivity index (χ3v) is 5.91. The van der Waals surface area contributed by atoms with E-state index >= 15 is 0 Å². The Morgan fingerprint density at radius 2 is 1.92 bits per heavy atom. The number of hydrogen-bond acceptors (Lipinski definition) is 5. The van der Waals surface area contributed by atoms with Crippen molar-refractivity contribution in [2.45, 2.75) is 0 Å². The Morgan fingerprint density at radius 1 is 1.20 bits per heavy atom. The average Bonchev–Trinajstić information content (AvgIpc) is 2.60. The number of nitrogens with zero attached hydrogens (tertiary/aromatic N) is 1. The highest BCUT2D eigenvalue weighted by Crippen LogP contribution is 2.11. The van der Waals surface area contributed by atoms with E-state index in [9.17, 15) is 18.0 Å². The van der Waals surface area contributed by atoms with E-state index in [2.05, 4.69) is 26.6 Å². The number of morpholine rings is 1. The van der Waals surface area contributed by atoms with Gasteiger partial charge in [0.25, 0.3) is 5.91 Å². The molecule has 1 aromatic carbocycles. The van der Waals surface area contributed by atoms with Crippen LogP contribution in [0.15, 0.2) is 28.7 Å². The summed E-state index contributed by atoms with van der Waals surface area (Å²) in [4.78, 5) is 23.7. The van der Waals surface area contributed by atoms with Crippen molar-refractivity contribution in [1.82, 2.24) is 14.9 Å². The highest BCUT2D eigenvalue weighted by molar-refractivity contribution is 9.10. The number of hydrogen-bond donors (Lipinski definition) is 2. The van der Waals surface area contributed by atoms with E-state index in [1.807, 2.05) is 0 Å². The van der Waals surface area contributed by atoms with Crippen LogP contribution < -0.4 is 10.6 Å². The molecule has 0 radical (unpaired) electrons. The Balaban J connectivity index is 1.71. The van der Waals surface area contributed by atoms with Crippen LogP contribution in [0.1, 0.15) is 10.4 Å². The largest absolute Gasteiger partial charge is 0.379 e. The maximum absolute atomic E-state index is 12.1. The third-order valence-electron chi connectivity index (χ3n) is 3.54.